The van der Waals surface area contributed by atoms with E-state index in [1.54, 1.807) is 0 Å². The van der Waals surface area contributed by atoms with Gasteiger partial charge < -0.3 is 0 Å². The van der Waals surface area contributed by atoms with Crippen LogP contribution in [-0.2, 0) is 10.8 Å². The van der Waals surface area contributed by atoms with Crippen molar-refractivity contribution in [1.29, 1.82) is 0 Å². The van der Waals surface area contributed by atoms with Gasteiger partial charge in [0.05, 0.1) is 5.69 Å². The van der Waals surface area contributed by atoms with Crippen molar-refractivity contribution in [1.82, 2.24) is 4.98 Å². The SMILES string of the molecule is C=C(c1ccc(C)cc1)c1nc2c(s1)C(C)(C)CCC2(C)C. The van der Waals surface area contributed by atoms with Gasteiger partial charge in [-0.1, -0.05) is 64.1 Å². The second-order valence-corrected chi connectivity index (χ2v) is 8.81. The first kappa shape index (κ1) is 15.5. The van der Waals surface area contributed by atoms with Crippen LogP contribution in [0.2, 0.25) is 0 Å². The zero-order valence-corrected chi connectivity index (χ0v) is 15.1. The third kappa shape index (κ3) is 2.54. The van der Waals surface area contributed by atoms with Gasteiger partial charge in [-0.15, -0.1) is 11.3 Å². The maximum Gasteiger partial charge on any atom is 0.123 e. The van der Waals surface area contributed by atoms with Crippen LogP contribution in [0, 0.1) is 6.92 Å². The molecule has 0 N–H and O–H groups in total. The summed E-state index contributed by atoms with van der Waals surface area (Å²) in [7, 11) is 0. The van der Waals surface area contributed by atoms with Gasteiger partial charge in [0.25, 0.3) is 0 Å². The number of thiazole rings is 1. The predicted molar refractivity (Wildman–Crippen MR) is 96.7 cm³/mol. The summed E-state index contributed by atoms with van der Waals surface area (Å²) in [5, 5.41) is 1.08. The van der Waals surface area contributed by atoms with Crippen molar-refractivity contribution < 1.29 is 0 Å². The molecule has 0 amide bonds. The molecule has 2 heteroatoms. The van der Waals surface area contributed by atoms with Crippen molar-refractivity contribution in [3.05, 3.63) is 57.6 Å². The molecule has 1 aromatic heterocycles. The van der Waals surface area contributed by atoms with Gasteiger partial charge in [-0.05, 0) is 25.3 Å². The van der Waals surface area contributed by atoms with E-state index in [0.717, 1.165) is 10.6 Å². The van der Waals surface area contributed by atoms with Crippen LogP contribution < -0.4 is 0 Å². The molecule has 22 heavy (non-hydrogen) atoms. The minimum atomic E-state index is 0.174. The second-order valence-electron chi connectivity index (χ2n) is 7.81. The third-order valence-electron chi connectivity index (χ3n) is 4.92. The lowest BCUT2D eigenvalue weighted by Crippen LogP contribution is -2.32. The molecule has 1 aliphatic rings. The third-order valence-corrected chi connectivity index (χ3v) is 6.40. The van der Waals surface area contributed by atoms with E-state index in [4.69, 9.17) is 4.98 Å². The van der Waals surface area contributed by atoms with E-state index >= 15 is 0 Å². The number of hydrogen-bond donors (Lipinski definition) is 0. The number of hydrogen-bond acceptors (Lipinski definition) is 2. The maximum absolute atomic E-state index is 5.02. The van der Waals surface area contributed by atoms with Gasteiger partial charge in [-0.25, -0.2) is 4.98 Å². The van der Waals surface area contributed by atoms with Gasteiger partial charge >= 0.3 is 0 Å². The fraction of sp³-hybridized carbons (Fsp3) is 0.450. The normalized spacial score (nSPS) is 18.8. The summed E-state index contributed by atoms with van der Waals surface area (Å²) in [4.78, 5) is 6.47. The van der Waals surface area contributed by atoms with Gasteiger partial charge in [-0.2, -0.15) is 0 Å². The Balaban J connectivity index is 2.05. The zero-order valence-electron chi connectivity index (χ0n) is 14.3. The van der Waals surface area contributed by atoms with Crippen LogP contribution in [0.15, 0.2) is 30.8 Å². The second kappa shape index (κ2) is 5.06. The molecule has 1 nitrogen and oxygen atoms in total. The molecule has 0 fully saturated rings. The van der Waals surface area contributed by atoms with E-state index in [1.807, 2.05) is 11.3 Å². The Morgan fingerprint density at radius 3 is 2.23 bits per heavy atom. The highest BCUT2D eigenvalue weighted by atomic mass is 32.1. The largest absolute Gasteiger partial charge is 0.240 e. The number of aromatic nitrogens is 1. The molecule has 116 valence electrons. The standard InChI is InChI=1S/C20H25NS/c1-13-7-9-15(10-8-13)14(2)18-21-16-17(22-18)20(5,6)12-11-19(16,3)4/h7-10H,2,11-12H2,1,3-6H3. The van der Waals surface area contributed by atoms with Gasteiger partial charge in [0, 0.05) is 21.3 Å². The average Bonchev–Trinajstić information content (AvgIpc) is 2.92. The van der Waals surface area contributed by atoms with E-state index < -0.39 is 0 Å². The molecule has 1 aliphatic carbocycles. The van der Waals surface area contributed by atoms with Crippen LogP contribution in [-0.4, -0.2) is 4.98 Å². The van der Waals surface area contributed by atoms with Gasteiger partial charge in [0.2, 0.25) is 0 Å². The highest BCUT2D eigenvalue weighted by molar-refractivity contribution is 7.13. The van der Waals surface area contributed by atoms with Crippen molar-refractivity contribution in [2.24, 2.45) is 0 Å². The van der Waals surface area contributed by atoms with E-state index in [2.05, 4.69) is 65.5 Å². The average molecular weight is 311 g/mol. The van der Waals surface area contributed by atoms with Crippen LogP contribution in [0.25, 0.3) is 5.57 Å². The topological polar surface area (TPSA) is 12.9 Å². The summed E-state index contributed by atoms with van der Waals surface area (Å²) in [6, 6.07) is 8.58. The van der Waals surface area contributed by atoms with Crippen LogP contribution >= 0.6 is 11.3 Å². The van der Waals surface area contributed by atoms with Crippen LogP contribution in [0.5, 0.6) is 0 Å². The highest BCUT2D eigenvalue weighted by Gasteiger charge is 2.40. The summed E-state index contributed by atoms with van der Waals surface area (Å²) in [5.74, 6) is 0. The molecule has 0 aliphatic heterocycles. The van der Waals surface area contributed by atoms with E-state index in [0.29, 0.717) is 0 Å². The van der Waals surface area contributed by atoms with Crippen molar-refractivity contribution in [3.8, 4) is 0 Å². The van der Waals surface area contributed by atoms with Gasteiger partial charge in [0.15, 0.2) is 0 Å². The van der Waals surface area contributed by atoms with Crippen molar-refractivity contribution >= 4 is 16.9 Å². The number of aryl methyl sites for hydroxylation is 1. The Labute approximate surface area is 138 Å². The minimum Gasteiger partial charge on any atom is -0.240 e. The minimum absolute atomic E-state index is 0.174. The molecule has 1 heterocycles. The maximum atomic E-state index is 5.02. The van der Waals surface area contributed by atoms with E-state index in [9.17, 15) is 0 Å². The first-order valence-corrected chi connectivity index (χ1v) is 8.80. The summed E-state index contributed by atoms with van der Waals surface area (Å²) in [6.45, 7) is 15.7. The Morgan fingerprint density at radius 2 is 1.64 bits per heavy atom. The number of fused-ring (bicyclic) bond motifs is 1. The molecule has 0 atom stereocenters. The van der Waals surface area contributed by atoms with E-state index in [1.165, 1.54) is 34.5 Å². The van der Waals surface area contributed by atoms with Gasteiger partial charge in [0.1, 0.15) is 5.01 Å². The number of benzene rings is 1. The molecule has 0 saturated carbocycles. The molecule has 0 unspecified atom stereocenters. The molecule has 2 aromatic rings. The Morgan fingerprint density at radius 1 is 1.05 bits per heavy atom. The van der Waals surface area contributed by atoms with Gasteiger partial charge in [-0.3, -0.25) is 0 Å². The lowest BCUT2D eigenvalue weighted by atomic mass is 9.69. The molecule has 1 aromatic carbocycles. The van der Waals surface area contributed by atoms with Crippen LogP contribution in [0.1, 0.15) is 67.2 Å². The molecule has 0 saturated heterocycles. The zero-order chi connectivity index (χ0) is 16.1. The molecular formula is C20H25NS. The lowest BCUT2D eigenvalue weighted by Gasteiger charge is -2.37. The highest BCUT2D eigenvalue weighted by Crippen LogP contribution is 2.48. The first-order chi connectivity index (χ1) is 10.2. The van der Waals surface area contributed by atoms with Crippen LogP contribution in [0.3, 0.4) is 0 Å². The smallest absolute Gasteiger partial charge is 0.123 e. The summed E-state index contributed by atoms with van der Waals surface area (Å²) in [5.41, 5.74) is 5.19. The molecular weight excluding hydrogens is 286 g/mol. The Kier molecular flexibility index (Phi) is 3.56. The van der Waals surface area contributed by atoms with Crippen molar-refractivity contribution in [3.63, 3.8) is 0 Å². The van der Waals surface area contributed by atoms with Crippen molar-refractivity contribution in [2.75, 3.05) is 0 Å². The van der Waals surface area contributed by atoms with Crippen LogP contribution in [0.4, 0.5) is 0 Å². The predicted octanol–water partition coefficient (Wildman–Crippen LogP) is 5.86. The summed E-state index contributed by atoms with van der Waals surface area (Å²) in [6.07, 6.45) is 2.43. The first-order valence-electron chi connectivity index (χ1n) is 7.99. The molecule has 0 radical (unpaired) electrons. The fourth-order valence-corrected chi connectivity index (χ4v) is 4.47. The van der Waals surface area contributed by atoms with Crippen molar-refractivity contribution in [2.45, 2.75) is 58.3 Å². The molecule has 0 bridgehead atoms. The number of rotatable bonds is 2. The fourth-order valence-electron chi connectivity index (χ4n) is 3.10. The quantitative estimate of drug-likeness (QED) is 0.676. The Bertz CT molecular complexity index is 683. The molecule has 3 rings (SSSR count). The number of nitrogens with zero attached hydrogens (tertiary/aromatic N) is 1. The summed E-state index contributed by atoms with van der Waals surface area (Å²) >= 11 is 1.84. The Hall–Kier alpha value is -1.41. The molecule has 0 spiro atoms. The lowest BCUT2D eigenvalue weighted by molar-refractivity contribution is 0.331. The monoisotopic (exact) mass is 311 g/mol. The summed E-state index contributed by atoms with van der Waals surface area (Å²) < 4.78 is 0. The van der Waals surface area contributed by atoms with E-state index in [-0.39, 0.29) is 10.8 Å².